The van der Waals surface area contributed by atoms with Gasteiger partial charge in [0.25, 0.3) is 0 Å². The van der Waals surface area contributed by atoms with Gasteiger partial charge in [-0.2, -0.15) is 0 Å². The molecule has 0 spiro atoms. The van der Waals surface area contributed by atoms with Crippen molar-refractivity contribution in [2.24, 2.45) is 11.3 Å². The van der Waals surface area contributed by atoms with Gasteiger partial charge in [-0.3, -0.25) is 14.5 Å². The number of aliphatic carboxylic acids is 1. The first kappa shape index (κ1) is 32.9. The molecule has 0 saturated carbocycles. The lowest BCUT2D eigenvalue weighted by atomic mass is 9.77. The van der Waals surface area contributed by atoms with Crippen molar-refractivity contribution < 1.29 is 28.7 Å². The fraction of sp³-hybridized carbons (Fsp3) is 0.697. The molecule has 1 fully saturated rings. The summed E-state index contributed by atoms with van der Waals surface area (Å²) in [5.74, 6) is -0.267. The van der Waals surface area contributed by atoms with Crippen LogP contribution in [-0.4, -0.2) is 98.0 Å². The van der Waals surface area contributed by atoms with E-state index < -0.39 is 11.9 Å². The van der Waals surface area contributed by atoms with Crippen LogP contribution in [0.2, 0.25) is 0 Å². The van der Waals surface area contributed by atoms with Crippen molar-refractivity contribution in [2.75, 3.05) is 60.7 Å². The average molecular weight is 573 g/mol. The highest BCUT2D eigenvalue weighted by Crippen LogP contribution is 2.45. The van der Waals surface area contributed by atoms with Gasteiger partial charge >= 0.3 is 5.97 Å². The Kier molecular flexibility index (Phi) is 11.3. The van der Waals surface area contributed by atoms with Gasteiger partial charge in [-0.25, -0.2) is 0 Å². The zero-order chi connectivity index (χ0) is 30.4. The second kappa shape index (κ2) is 14.1. The predicted octanol–water partition coefficient (Wildman–Crippen LogP) is 5.38. The van der Waals surface area contributed by atoms with Crippen LogP contribution >= 0.6 is 0 Å². The molecule has 3 rings (SSSR count). The minimum absolute atomic E-state index is 0.101. The molecule has 1 aromatic rings. The van der Waals surface area contributed by atoms with Crippen LogP contribution in [-0.2, 0) is 9.59 Å². The lowest BCUT2D eigenvalue weighted by molar-refractivity contribution is -0.870. The van der Waals surface area contributed by atoms with Crippen LogP contribution in [0.15, 0.2) is 29.8 Å². The van der Waals surface area contributed by atoms with Gasteiger partial charge in [0.2, 0.25) is 12.7 Å². The van der Waals surface area contributed by atoms with Gasteiger partial charge in [0.15, 0.2) is 11.5 Å². The second-order valence-electron chi connectivity index (χ2n) is 13.9. The molecule has 1 amide bonds. The average Bonchev–Trinajstić information content (AvgIpc) is 3.46. The normalized spacial score (nSPS) is 20.7. The van der Waals surface area contributed by atoms with Crippen LogP contribution in [0.4, 0.5) is 0 Å². The first-order valence-electron chi connectivity index (χ1n) is 15.3. The summed E-state index contributed by atoms with van der Waals surface area (Å²) in [6, 6.07) is 5.48. The molecular weight excluding hydrogens is 518 g/mol. The summed E-state index contributed by atoms with van der Waals surface area (Å²) < 4.78 is 12.0. The van der Waals surface area contributed by atoms with E-state index in [1.165, 1.54) is 5.57 Å². The second-order valence-corrected chi connectivity index (χ2v) is 13.9. The minimum Gasteiger partial charge on any atom is -0.481 e. The lowest BCUT2D eigenvalue weighted by Gasteiger charge is -2.34. The summed E-state index contributed by atoms with van der Waals surface area (Å²) in [6.45, 7) is 14.1. The maximum atomic E-state index is 13.8. The van der Waals surface area contributed by atoms with Crippen LogP contribution in [0.3, 0.4) is 0 Å². The molecule has 8 heteroatoms. The van der Waals surface area contributed by atoms with Gasteiger partial charge < -0.3 is 24.0 Å². The number of carbonyl (C=O) groups excluding carboxylic acids is 1. The Labute approximate surface area is 247 Å². The molecule has 1 N–H and O–H groups in total. The molecule has 0 aliphatic carbocycles. The number of allylic oxidation sites excluding steroid dienone is 2. The van der Waals surface area contributed by atoms with Gasteiger partial charge in [0.05, 0.1) is 40.2 Å². The zero-order valence-electron chi connectivity index (χ0n) is 26.7. The fourth-order valence-corrected chi connectivity index (χ4v) is 6.48. The van der Waals surface area contributed by atoms with Gasteiger partial charge in [-0.1, -0.05) is 44.9 Å². The van der Waals surface area contributed by atoms with Crippen LogP contribution in [0.5, 0.6) is 11.5 Å². The smallest absolute Gasteiger partial charge is 0.308 e. The van der Waals surface area contributed by atoms with Crippen LogP contribution in [0, 0.1) is 11.3 Å². The molecule has 0 radical (unpaired) electrons. The molecule has 2 aliphatic heterocycles. The van der Waals surface area contributed by atoms with E-state index in [0.717, 1.165) is 55.4 Å². The van der Waals surface area contributed by atoms with E-state index in [-0.39, 0.29) is 36.6 Å². The van der Waals surface area contributed by atoms with Crippen molar-refractivity contribution in [3.8, 4) is 11.5 Å². The third-order valence-electron chi connectivity index (χ3n) is 8.25. The standard InChI is InChI=1S/C33H53N3O5/c1-9-10-15-34(16-11-12-17-36(6,7)8)30(37)22-35-21-26(25-13-14-28-29(18-25)41-23-40-28)31(32(38)39)27(35)20-33(4,5)19-24(2)3/h13-14,18-19,26-27,31H,9-12,15-17,20-23H2,1-8H3/p+1/t26-,27+,31-/m1/s1. The molecule has 230 valence electrons. The number of ether oxygens (including phenoxy) is 2. The maximum absolute atomic E-state index is 13.8. The molecule has 1 saturated heterocycles. The van der Waals surface area contributed by atoms with Gasteiger partial charge in [0, 0.05) is 31.6 Å². The number of likely N-dealkylation sites (tertiary alicyclic amines) is 1. The number of rotatable bonds is 15. The van der Waals surface area contributed by atoms with Crippen molar-refractivity contribution in [3.63, 3.8) is 0 Å². The number of amides is 1. The summed E-state index contributed by atoms with van der Waals surface area (Å²) in [7, 11) is 6.58. The quantitative estimate of drug-likeness (QED) is 0.173. The highest BCUT2D eigenvalue weighted by atomic mass is 16.7. The predicted molar refractivity (Wildman–Crippen MR) is 163 cm³/mol. The van der Waals surface area contributed by atoms with Gasteiger partial charge in [0.1, 0.15) is 0 Å². The van der Waals surface area contributed by atoms with E-state index in [9.17, 15) is 14.7 Å². The van der Waals surface area contributed by atoms with E-state index in [1.54, 1.807) is 0 Å². The number of quaternary nitrogens is 1. The molecule has 3 atom stereocenters. The molecule has 2 heterocycles. The van der Waals surface area contributed by atoms with Crippen molar-refractivity contribution in [1.82, 2.24) is 9.80 Å². The lowest BCUT2D eigenvalue weighted by Crippen LogP contribution is -2.46. The maximum Gasteiger partial charge on any atom is 0.308 e. The van der Waals surface area contributed by atoms with Crippen LogP contribution < -0.4 is 9.47 Å². The molecule has 41 heavy (non-hydrogen) atoms. The molecule has 0 aromatic heterocycles. The zero-order valence-corrected chi connectivity index (χ0v) is 26.7. The Bertz CT molecular complexity index is 1070. The number of hydrogen-bond acceptors (Lipinski definition) is 5. The Hall–Kier alpha value is -2.58. The van der Waals surface area contributed by atoms with Crippen molar-refractivity contribution in [1.29, 1.82) is 0 Å². The van der Waals surface area contributed by atoms with E-state index >= 15 is 0 Å². The summed E-state index contributed by atoms with van der Waals surface area (Å²) in [5, 5.41) is 10.6. The Morgan fingerprint density at radius 3 is 2.41 bits per heavy atom. The molecular formula is C33H54N3O5+. The number of hydrogen-bond donors (Lipinski definition) is 1. The number of carboxylic acid groups (broad SMARTS) is 1. The third kappa shape index (κ3) is 9.47. The first-order valence-corrected chi connectivity index (χ1v) is 15.3. The Morgan fingerprint density at radius 2 is 1.78 bits per heavy atom. The SMILES string of the molecule is CCCCN(CCCC[N+](C)(C)C)C(=O)CN1C[C@H](c2ccc3c(c2)OCO3)[C@@H](C(=O)O)[C@@H]1CC(C)(C)C=C(C)C. The third-order valence-corrected chi connectivity index (χ3v) is 8.25. The summed E-state index contributed by atoms with van der Waals surface area (Å²) in [5.41, 5.74) is 1.91. The Morgan fingerprint density at radius 1 is 1.10 bits per heavy atom. The van der Waals surface area contributed by atoms with Crippen molar-refractivity contribution in [3.05, 3.63) is 35.4 Å². The molecule has 2 aliphatic rings. The Balaban J connectivity index is 1.87. The number of unbranched alkanes of at least 4 members (excludes halogenated alkanes) is 2. The molecule has 0 unspecified atom stereocenters. The number of benzene rings is 1. The van der Waals surface area contributed by atoms with E-state index in [1.807, 2.05) is 23.1 Å². The highest BCUT2D eigenvalue weighted by molar-refractivity contribution is 5.79. The number of carbonyl (C=O) groups is 2. The number of fused-ring (bicyclic) bond motifs is 1. The summed E-state index contributed by atoms with van der Waals surface area (Å²) in [4.78, 5) is 30.9. The fourth-order valence-electron chi connectivity index (χ4n) is 6.48. The van der Waals surface area contributed by atoms with E-state index in [0.29, 0.717) is 24.5 Å². The van der Waals surface area contributed by atoms with Gasteiger partial charge in [-0.15, -0.1) is 0 Å². The summed E-state index contributed by atoms with van der Waals surface area (Å²) >= 11 is 0. The van der Waals surface area contributed by atoms with Crippen LogP contribution in [0.25, 0.3) is 0 Å². The van der Waals surface area contributed by atoms with Crippen molar-refractivity contribution in [2.45, 2.75) is 78.7 Å². The molecule has 1 aromatic carbocycles. The topological polar surface area (TPSA) is 79.3 Å². The monoisotopic (exact) mass is 572 g/mol. The first-order chi connectivity index (χ1) is 19.2. The largest absolute Gasteiger partial charge is 0.481 e. The van der Waals surface area contributed by atoms with Crippen molar-refractivity contribution >= 4 is 11.9 Å². The minimum atomic E-state index is -0.816. The summed E-state index contributed by atoms with van der Waals surface area (Å²) in [6.07, 6.45) is 6.91. The molecule has 0 bridgehead atoms. The van der Waals surface area contributed by atoms with E-state index in [4.69, 9.17) is 9.47 Å². The van der Waals surface area contributed by atoms with Crippen LogP contribution in [0.1, 0.15) is 78.2 Å². The van der Waals surface area contributed by atoms with E-state index in [2.05, 4.69) is 66.7 Å². The molecule has 8 nitrogen and oxygen atoms in total. The number of carboxylic acids is 1. The highest BCUT2D eigenvalue weighted by Gasteiger charge is 2.48. The number of nitrogens with zero attached hydrogens (tertiary/aromatic N) is 3. The van der Waals surface area contributed by atoms with Gasteiger partial charge in [-0.05, 0) is 62.6 Å².